The third kappa shape index (κ3) is 2.06. The molecule has 0 unspecified atom stereocenters. The summed E-state index contributed by atoms with van der Waals surface area (Å²) in [4.78, 5) is 30.2. The summed E-state index contributed by atoms with van der Waals surface area (Å²) in [5.74, 6) is -1.19. The number of fused-ring (bicyclic) bond motifs is 1. The molecule has 1 N–H and O–H groups in total. The van der Waals surface area contributed by atoms with Crippen LogP contribution in [-0.4, -0.2) is 33.7 Å². The number of nitrogens with zero attached hydrogens (tertiary/aromatic N) is 3. The summed E-state index contributed by atoms with van der Waals surface area (Å²) in [5.41, 5.74) is 1.34. The van der Waals surface area contributed by atoms with Crippen LogP contribution in [0.5, 0.6) is 0 Å². The molecule has 2 aromatic heterocycles. The number of hydrogen-bond acceptors (Lipinski definition) is 4. The summed E-state index contributed by atoms with van der Waals surface area (Å²) in [7, 11) is 0. The van der Waals surface area contributed by atoms with E-state index in [1.165, 1.54) is 19.0 Å². The predicted molar refractivity (Wildman–Crippen MR) is 82.7 cm³/mol. The Morgan fingerprint density at radius 1 is 1.27 bits per heavy atom. The molecule has 1 aliphatic heterocycles. The molecule has 2 aliphatic rings. The van der Waals surface area contributed by atoms with E-state index in [0.717, 1.165) is 37.1 Å². The van der Waals surface area contributed by atoms with E-state index in [9.17, 15) is 14.7 Å². The van der Waals surface area contributed by atoms with Crippen LogP contribution in [0.15, 0.2) is 23.3 Å². The quantitative estimate of drug-likeness (QED) is 0.938. The SMILES string of the molecule is O=C(O)c1cn(C2CC2)c2cc(N3CCCC3)cnc2c1=O. The summed E-state index contributed by atoms with van der Waals surface area (Å²) < 4.78 is 1.92. The lowest BCUT2D eigenvalue weighted by Crippen LogP contribution is -2.21. The molecular weight excluding hydrogens is 282 g/mol. The Bertz CT molecular complexity index is 817. The molecule has 1 saturated carbocycles. The van der Waals surface area contributed by atoms with Crippen molar-refractivity contribution in [1.29, 1.82) is 0 Å². The van der Waals surface area contributed by atoms with Gasteiger partial charge < -0.3 is 14.6 Å². The first-order valence-electron chi connectivity index (χ1n) is 7.68. The Balaban J connectivity index is 1.94. The normalized spacial score (nSPS) is 18.1. The standard InChI is InChI=1S/C16H17N3O3/c20-15-12(16(21)22)9-19(10-3-4-10)13-7-11(8-17-14(13)15)18-5-1-2-6-18/h7-10H,1-6H2,(H,21,22). The van der Waals surface area contributed by atoms with E-state index in [1.807, 2.05) is 10.6 Å². The first-order valence-corrected chi connectivity index (χ1v) is 7.68. The number of aromatic carboxylic acids is 1. The third-order valence-corrected chi connectivity index (χ3v) is 4.50. The molecule has 0 spiro atoms. The zero-order chi connectivity index (χ0) is 15.3. The number of rotatable bonds is 3. The van der Waals surface area contributed by atoms with E-state index in [-0.39, 0.29) is 17.1 Å². The Morgan fingerprint density at radius 2 is 2.00 bits per heavy atom. The molecular formula is C16H17N3O3. The molecule has 1 saturated heterocycles. The van der Waals surface area contributed by atoms with Gasteiger partial charge in [0, 0.05) is 25.3 Å². The maximum atomic E-state index is 12.3. The van der Waals surface area contributed by atoms with Crippen molar-refractivity contribution in [3.8, 4) is 0 Å². The van der Waals surface area contributed by atoms with Gasteiger partial charge in [0.1, 0.15) is 11.1 Å². The molecule has 6 heteroatoms. The van der Waals surface area contributed by atoms with Gasteiger partial charge in [-0.3, -0.25) is 4.79 Å². The van der Waals surface area contributed by atoms with E-state index < -0.39 is 11.4 Å². The summed E-state index contributed by atoms with van der Waals surface area (Å²) in [6.45, 7) is 2.02. The van der Waals surface area contributed by atoms with Gasteiger partial charge >= 0.3 is 5.97 Å². The highest BCUT2D eigenvalue weighted by Crippen LogP contribution is 2.37. The fraction of sp³-hybridized carbons (Fsp3) is 0.438. The molecule has 1 aliphatic carbocycles. The molecule has 0 bridgehead atoms. The number of aromatic nitrogens is 2. The van der Waals surface area contributed by atoms with Crippen LogP contribution < -0.4 is 10.3 Å². The topological polar surface area (TPSA) is 75.4 Å². The Labute approximate surface area is 127 Å². The van der Waals surface area contributed by atoms with Crippen LogP contribution in [0.25, 0.3) is 11.0 Å². The number of pyridine rings is 2. The lowest BCUT2D eigenvalue weighted by atomic mass is 10.2. The average molecular weight is 299 g/mol. The van der Waals surface area contributed by atoms with Gasteiger partial charge in [-0.25, -0.2) is 9.78 Å². The molecule has 2 fully saturated rings. The Hall–Kier alpha value is -2.37. The molecule has 114 valence electrons. The van der Waals surface area contributed by atoms with Crippen molar-refractivity contribution >= 4 is 22.7 Å². The number of carbonyl (C=O) groups is 1. The summed E-state index contributed by atoms with van der Waals surface area (Å²) in [5, 5.41) is 9.23. The minimum absolute atomic E-state index is 0.194. The molecule has 0 atom stereocenters. The fourth-order valence-electron chi connectivity index (χ4n) is 3.16. The molecule has 2 aromatic rings. The van der Waals surface area contributed by atoms with Gasteiger partial charge in [-0.1, -0.05) is 0 Å². The van der Waals surface area contributed by atoms with Crippen LogP contribution in [0, 0.1) is 0 Å². The Morgan fingerprint density at radius 3 is 2.64 bits per heavy atom. The van der Waals surface area contributed by atoms with Crippen LogP contribution in [-0.2, 0) is 0 Å². The van der Waals surface area contributed by atoms with E-state index in [1.54, 1.807) is 6.20 Å². The highest BCUT2D eigenvalue weighted by molar-refractivity contribution is 5.92. The van der Waals surface area contributed by atoms with E-state index in [0.29, 0.717) is 0 Å². The molecule has 22 heavy (non-hydrogen) atoms. The van der Waals surface area contributed by atoms with Crippen molar-refractivity contribution in [2.75, 3.05) is 18.0 Å². The molecule has 3 heterocycles. The van der Waals surface area contributed by atoms with Gasteiger partial charge in [0.15, 0.2) is 0 Å². The first-order chi connectivity index (χ1) is 10.6. The molecule has 0 aromatic carbocycles. The van der Waals surface area contributed by atoms with Gasteiger partial charge in [0.25, 0.3) is 0 Å². The van der Waals surface area contributed by atoms with Crippen LogP contribution in [0.3, 0.4) is 0 Å². The number of hydrogen-bond donors (Lipinski definition) is 1. The fourth-order valence-corrected chi connectivity index (χ4v) is 3.16. The largest absolute Gasteiger partial charge is 0.477 e. The van der Waals surface area contributed by atoms with Crippen molar-refractivity contribution in [2.45, 2.75) is 31.7 Å². The monoisotopic (exact) mass is 299 g/mol. The summed E-state index contributed by atoms with van der Waals surface area (Å²) >= 11 is 0. The summed E-state index contributed by atoms with van der Waals surface area (Å²) in [6.07, 6.45) is 7.56. The highest BCUT2D eigenvalue weighted by Gasteiger charge is 2.27. The zero-order valence-electron chi connectivity index (χ0n) is 12.2. The van der Waals surface area contributed by atoms with Crippen molar-refractivity contribution < 1.29 is 9.90 Å². The van der Waals surface area contributed by atoms with Crippen LogP contribution >= 0.6 is 0 Å². The maximum absolute atomic E-state index is 12.3. The zero-order valence-corrected chi connectivity index (χ0v) is 12.2. The average Bonchev–Trinajstić information content (AvgIpc) is 3.20. The first kappa shape index (κ1) is 13.3. The second-order valence-electron chi connectivity index (χ2n) is 6.07. The molecule has 0 amide bonds. The predicted octanol–water partition coefficient (Wildman–Crippen LogP) is 2.03. The third-order valence-electron chi connectivity index (χ3n) is 4.50. The van der Waals surface area contributed by atoms with Crippen LogP contribution in [0.1, 0.15) is 42.1 Å². The van der Waals surface area contributed by atoms with Crippen LogP contribution in [0.2, 0.25) is 0 Å². The van der Waals surface area contributed by atoms with Gasteiger partial charge in [0.2, 0.25) is 5.43 Å². The lowest BCUT2D eigenvalue weighted by Gasteiger charge is -2.19. The van der Waals surface area contributed by atoms with Crippen LogP contribution in [0.4, 0.5) is 5.69 Å². The van der Waals surface area contributed by atoms with E-state index in [4.69, 9.17) is 0 Å². The molecule has 6 nitrogen and oxygen atoms in total. The van der Waals surface area contributed by atoms with Crippen molar-refractivity contribution in [3.05, 3.63) is 34.2 Å². The molecule has 0 radical (unpaired) electrons. The number of anilines is 1. The Kier molecular flexibility index (Phi) is 2.92. The summed E-state index contributed by atoms with van der Waals surface area (Å²) in [6, 6.07) is 2.27. The number of carboxylic acids is 1. The number of carboxylic acid groups (broad SMARTS) is 1. The van der Waals surface area contributed by atoms with E-state index in [2.05, 4.69) is 9.88 Å². The van der Waals surface area contributed by atoms with Gasteiger partial charge in [-0.05, 0) is 31.7 Å². The second-order valence-corrected chi connectivity index (χ2v) is 6.07. The maximum Gasteiger partial charge on any atom is 0.341 e. The molecule has 4 rings (SSSR count). The van der Waals surface area contributed by atoms with Gasteiger partial charge in [-0.2, -0.15) is 0 Å². The van der Waals surface area contributed by atoms with Gasteiger partial charge in [-0.15, -0.1) is 0 Å². The van der Waals surface area contributed by atoms with Gasteiger partial charge in [0.05, 0.1) is 17.4 Å². The van der Waals surface area contributed by atoms with Crippen molar-refractivity contribution in [2.24, 2.45) is 0 Å². The highest BCUT2D eigenvalue weighted by atomic mass is 16.4. The smallest absolute Gasteiger partial charge is 0.341 e. The lowest BCUT2D eigenvalue weighted by molar-refractivity contribution is 0.0695. The minimum Gasteiger partial charge on any atom is -0.477 e. The van der Waals surface area contributed by atoms with E-state index >= 15 is 0 Å². The van der Waals surface area contributed by atoms with Crippen molar-refractivity contribution in [3.63, 3.8) is 0 Å². The van der Waals surface area contributed by atoms with Crippen molar-refractivity contribution in [1.82, 2.24) is 9.55 Å². The minimum atomic E-state index is -1.19. The second kappa shape index (κ2) is 4.83.